The van der Waals surface area contributed by atoms with E-state index in [1.54, 1.807) is 12.1 Å². The fourth-order valence-corrected chi connectivity index (χ4v) is 5.31. The first-order valence-corrected chi connectivity index (χ1v) is 12.1. The van der Waals surface area contributed by atoms with Gasteiger partial charge in [-0.15, -0.1) is 11.3 Å². The van der Waals surface area contributed by atoms with Crippen molar-refractivity contribution in [1.82, 2.24) is 4.90 Å². The molecule has 2 aromatic carbocycles. The lowest BCUT2D eigenvalue weighted by molar-refractivity contribution is -0.131. The molecular formula is C25H26N2O5S. The molecule has 0 bridgehead atoms. The maximum absolute atomic E-state index is 13.0. The molecule has 8 heteroatoms. The molecule has 5 rings (SSSR count). The van der Waals surface area contributed by atoms with Crippen molar-refractivity contribution in [3.63, 3.8) is 0 Å². The Bertz CT molecular complexity index is 1180. The number of carbonyl (C=O) groups is 2. The van der Waals surface area contributed by atoms with E-state index in [0.29, 0.717) is 30.9 Å². The molecule has 0 N–H and O–H groups in total. The van der Waals surface area contributed by atoms with Crippen LogP contribution < -0.4 is 19.1 Å². The predicted octanol–water partition coefficient (Wildman–Crippen LogP) is 3.99. The standard InChI is InChI=1S/C25H26N2O5S/c1-17(28)32-18-5-6-24-19(15-18)20(16-33-24)22(29)7-8-26-9-11-27(12-10-26)21-3-2-4-23-25(21)31-14-13-30-23/h2-6,15-16H,7-14H2,1H3. The maximum Gasteiger partial charge on any atom is 0.308 e. The molecule has 0 radical (unpaired) electrons. The predicted molar refractivity (Wildman–Crippen MR) is 128 cm³/mol. The van der Waals surface area contributed by atoms with Gasteiger partial charge in [-0.1, -0.05) is 6.07 Å². The number of esters is 1. The number of ether oxygens (including phenoxy) is 3. The fourth-order valence-electron chi connectivity index (χ4n) is 4.37. The Labute approximate surface area is 196 Å². The second-order valence-electron chi connectivity index (χ2n) is 8.20. The molecule has 0 unspecified atom stereocenters. The van der Waals surface area contributed by atoms with Gasteiger partial charge in [0.1, 0.15) is 19.0 Å². The normalized spacial score (nSPS) is 16.1. The highest BCUT2D eigenvalue weighted by Crippen LogP contribution is 2.39. The third kappa shape index (κ3) is 4.67. The molecular weight excluding hydrogens is 440 g/mol. The number of carbonyl (C=O) groups excluding carboxylic acids is 2. The number of para-hydroxylation sites is 1. The van der Waals surface area contributed by atoms with Crippen molar-refractivity contribution < 1.29 is 23.8 Å². The van der Waals surface area contributed by atoms with Crippen LogP contribution in [0.4, 0.5) is 5.69 Å². The number of fused-ring (bicyclic) bond motifs is 2. The van der Waals surface area contributed by atoms with Gasteiger partial charge in [-0.25, -0.2) is 0 Å². The van der Waals surface area contributed by atoms with Crippen LogP contribution in [0.15, 0.2) is 41.8 Å². The van der Waals surface area contributed by atoms with E-state index >= 15 is 0 Å². The van der Waals surface area contributed by atoms with Gasteiger partial charge in [-0.3, -0.25) is 14.5 Å². The lowest BCUT2D eigenvalue weighted by Crippen LogP contribution is -2.47. The highest BCUT2D eigenvalue weighted by Gasteiger charge is 2.24. The summed E-state index contributed by atoms with van der Waals surface area (Å²) in [7, 11) is 0. The maximum atomic E-state index is 13.0. The van der Waals surface area contributed by atoms with Gasteiger partial charge in [0, 0.05) is 67.1 Å². The monoisotopic (exact) mass is 466 g/mol. The number of nitrogens with zero attached hydrogens (tertiary/aromatic N) is 2. The van der Waals surface area contributed by atoms with Crippen molar-refractivity contribution in [2.24, 2.45) is 0 Å². The molecule has 3 heterocycles. The number of piperazine rings is 1. The third-order valence-corrected chi connectivity index (χ3v) is 6.98. The van der Waals surface area contributed by atoms with Crippen LogP contribution >= 0.6 is 11.3 Å². The van der Waals surface area contributed by atoms with Crippen molar-refractivity contribution in [3.8, 4) is 17.2 Å². The van der Waals surface area contributed by atoms with Crippen LogP contribution in [0, 0.1) is 0 Å². The average Bonchev–Trinajstić information content (AvgIpc) is 3.25. The molecule has 1 saturated heterocycles. The van der Waals surface area contributed by atoms with Crippen LogP contribution in [-0.4, -0.2) is 62.6 Å². The number of hydrogen-bond donors (Lipinski definition) is 0. The second kappa shape index (κ2) is 9.41. The zero-order valence-corrected chi connectivity index (χ0v) is 19.4. The fraction of sp³-hybridized carbons (Fsp3) is 0.360. The molecule has 7 nitrogen and oxygen atoms in total. The minimum atomic E-state index is -0.369. The van der Waals surface area contributed by atoms with Gasteiger partial charge in [0.2, 0.25) is 0 Å². The Hall–Kier alpha value is -3.10. The Morgan fingerprint density at radius 2 is 1.88 bits per heavy atom. The van der Waals surface area contributed by atoms with Crippen LogP contribution in [0.5, 0.6) is 17.2 Å². The van der Waals surface area contributed by atoms with E-state index in [4.69, 9.17) is 14.2 Å². The van der Waals surface area contributed by atoms with Gasteiger partial charge in [-0.2, -0.15) is 0 Å². The summed E-state index contributed by atoms with van der Waals surface area (Å²) in [6.45, 7) is 6.78. The number of thiophene rings is 1. The second-order valence-corrected chi connectivity index (χ2v) is 9.12. The summed E-state index contributed by atoms with van der Waals surface area (Å²) < 4.78 is 17.8. The quantitative estimate of drug-likeness (QED) is 0.309. The lowest BCUT2D eigenvalue weighted by Gasteiger charge is -2.37. The summed E-state index contributed by atoms with van der Waals surface area (Å²) >= 11 is 1.54. The Morgan fingerprint density at radius 3 is 2.70 bits per heavy atom. The van der Waals surface area contributed by atoms with Crippen molar-refractivity contribution in [3.05, 3.63) is 47.3 Å². The first kappa shape index (κ1) is 21.7. The number of benzene rings is 2. The van der Waals surface area contributed by atoms with Crippen molar-refractivity contribution in [2.75, 3.05) is 50.8 Å². The summed E-state index contributed by atoms with van der Waals surface area (Å²) in [6.07, 6.45) is 0.460. The zero-order valence-electron chi connectivity index (χ0n) is 18.5. The van der Waals surface area contributed by atoms with E-state index in [1.165, 1.54) is 18.3 Å². The van der Waals surface area contributed by atoms with Gasteiger partial charge in [0.15, 0.2) is 17.3 Å². The number of rotatable bonds is 6. The highest BCUT2D eigenvalue weighted by molar-refractivity contribution is 7.17. The van der Waals surface area contributed by atoms with Crippen molar-refractivity contribution >= 4 is 38.9 Å². The molecule has 2 aliphatic rings. The SMILES string of the molecule is CC(=O)Oc1ccc2scc(C(=O)CCN3CCN(c4cccc5c4OCCO5)CC3)c2c1. The number of anilines is 1. The molecule has 0 saturated carbocycles. The number of Topliss-reactive ketones (excluding diaryl/α,β-unsaturated/α-hetero) is 1. The van der Waals surface area contributed by atoms with E-state index in [-0.39, 0.29) is 11.8 Å². The molecule has 2 aliphatic heterocycles. The largest absolute Gasteiger partial charge is 0.486 e. The summed E-state index contributed by atoms with van der Waals surface area (Å²) in [5.41, 5.74) is 1.78. The first-order valence-electron chi connectivity index (χ1n) is 11.2. The van der Waals surface area contributed by atoms with E-state index < -0.39 is 0 Å². The van der Waals surface area contributed by atoms with Gasteiger partial charge < -0.3 is 19.1 Å². The zero-order chi connectivity index (χ0) is 22.8. The topological polar surface area (TPSA) is 68.3 Å². The molecule has 33 heavy (non-hydrogen) atoms. The molecule has 0 atom stereocenters. The van der Waals surface area contributed by atoms with Crippen LogP contribution in [0.25, 0.3) is 10.1 Å². The third-order valence-electron chi connectivity index (χ3n) is 6.02. The smallest absolute Gasteiger partial charge is 0.308 e. The molecule has 0 aliphatic carbocycles. The molecule has 1 aromatic heterocycles. The van der Waals surface area contributed by atoms with E-state index in [9.17, 15) is 9.59 Å². The van der Waals surface area contributed by atoms with Gasteiger partial charge in [0.25, 0.3) is 0 Å². The summed E-state index contributed by atoms with van der Waals surface area (Å²) in [6, 6.07) is 11.5. The summed E-state index contributed by atoms with van der Waals surface area (Å²) in [5.74, 6) is 1.87. The van der Waals surface area contributed by atoms with E-state index in [0.717, 1.165) is 60.0 Å². The molecule has 1 fully saturated rings. The minimum absolute atomic E-state index is 0.117. The average molecular weight is 467 g/mol. The molecule has 172 valence electrons. The lowest BCUT2D eigenvalue weighted by atomic mass is 10.1. The Balaban J connectivity index is 1.19. The molecule has 0 amide bonds. The Kier molecular flexibility index (Phi) is 6.20. The first-order chi connectivity index (χ1) is 16.1. The summed E-state index contributed by atoms with van der Waals surface area (Å²) in [4.78, 5) is 28.9. The van der Waals surface area contributed by atoms with Crippen LogP contribution in [-0.2, 0) is 4.79 Å². The van der Waals surface area contributed by atoms with E-state index in [1.807, 2.05) is 23.6 Å². The summed E-state index contributed by atoms with van der Waals surface area (Å²) in [5, 5.41) is 2.76. The van der Waals surface area contributed by atoms with Crippen LogP contribution in [0.2, 0.25) is 0 Å². The minimum Gasteiger partial charge on any atom is -0.486 e. The van der Waals surface area contributed by atoms with E-state index in [2.05, 4.69) is 15.9 Å². The van der Waals surface area contributed by atoms with Gasteiger partial charge in [0.05, 0.1) is 5.69 Å². The van der Waals surface area contributed by atoms with Crippen LogP contribution in [0.1, 0.15) is 23.7 Å². The van der Waals surface area contributed by atoms with Gasteiger partial charge in [-0.05, 0) is 30.3 Å². The number of hydrogen-bond acceptors (Lipinski definition) is 8. The highest BCUT2D eigenvalue weighted by atomic mass is 32.1. The van der Waals surface area contributed by atoms with Gasteiger partial charge >= 0.3 is 5.97 Å². The van der Waals surface area contributed by atoms with Crippen molar-refractivity contribution in [2.45, 2.75) is 13.3 Å². The Morgan fingerprint density at radius 1 is 1.06 bits per heavy atom. The molecule has 0 spiro atoms. The number of ketones is 1. The molecule has 3 aromatic rings. The van der Waals surface area contributed by atoms with Crippen LogP contribution in [0.3, 0.4) is 0 Å². The van der Waals surface area contributed by atoms with Crippen molar-refractivity contribution in [1.29, 1.82) is 0 Å².